The van der Waals surface area contributed by atoms with Crippen LogP contribution in [0.5, 0.6) is 0 Å². The molecule has 0 atom stereocenters. The maximum absolute atomic E-state index is 13.0. The smallest absolute Gasteiger partial charge is 0.191 e. The molecule has 6 heteroatoms. The maximum atomic E-state index is 13.0. The largest absolute Gasteiger partial charge is 0.383 e. The average Bonchev–Trinajstić information content (AvgIpc) is 2.32. The van der Waals surface area contributed by atoms with Crippen molar-refractivity contribution in [1.82, 2.24) is 9.97 Å². The molecule has 0 aliphatic carbocycles. The Morgan fingerprint density at radius 2 is 2.06 bits per heavy atom. The SMILES string of the molecule is CSc1nc(N)cc(Nc2ccc(F)cc2C)n1. The molecule has 0 fully saturated rings. The summed E-state index contributed by atoms with van der Waals surface area (Å²) in [5.74, 6) is 0.739. The number of anilines is 3. The van der Waals surface area contributed by atoms with E-state index in [1.165, 1.54) is 23.9 Å². The molecule has 1 aromatic carbocycles. The van der Waals surface area contributed by atoms with Crippen LogP contribution in [0.4, 0.5) is 21.7 Å². The van der Waals surface area contributed by atoms with Gasteiger partial charge in [0.05, 0.1) is 0 Å². The minimum Gasteiger partial charge on any atom is -0.383 e. The van der Waals surface area contributed by atoms with Crippen LogP contribution in [0.1, 0.15) is 5.56 Å². The summed E-state index contributed by atoms with van der Waals surface area (Å²) in [5.41, 5.74) is 7.28. The highest BCUT2D eigenvalue weighted by Gasteiger charge is 2.04. The van der Waals surface area contributed by atoms with Crippen molar-refractivity contribution in [3.63, 3.8) is 0 Å². The van der Waals surface area contributed by atoms with Crippen molar-refractivity contribution in [2.75, 3.05) is 17.3 Å². The van der Waals surface area contributed by atoms with E-state index in [0.717, 1.165) is 11.3 Å². The minimum absolute atomic E-state index is 0.259. The fourth-order valence-electron chi connectivity index (χ4n) is 1.50. The molecule has 2 aromatic rings. The van der Waals surface area contributed by atoms with Crippen LogP contribution in [-0.2, 0) is 0 Å². The summed E-state index contributed by atoms with van der Waals surface area (Å²) in [7, 11) is 0. The zero-order valence-electron chi connectivity index (χ0n) is 10.1. The predicted octanol–water partition coefficient (Wildman–Crippen LogP) is 2.97. The van der Waals surface area contributed by atoms with Crippen LogP contribution in [0.3, 0.4) is 0 Å². The Bertz CT molecular complexity index is 574. The van der Waals surface area contributed by atoms with Crippen molar-refractivity contribution in [3.8, 4) is 0 Å². The molecule has 0 aliphatic rings. The minimum atomic E-state index is -0.259. The van der Waals surface area contributed by atoms with Gasteiger partial charge in [0.15, 0.2) is 5.16 Å². The molecule has 0 amide bonds. The van der Waals surface area contributed by atoms with Crippen LogP contribution in [0.15, 0.2) is 29.4 Å². The van der Waals surface area contributed by atoms with Crippen molar-refractivity contribution in [3.05, 3.63) is 35.6 Å². The van der Waals surface area contributed by atoms with E-state index in [2.05, 4.69) is 15.3 Å². The number of aromatic nitrogens is 2. The van der Waals surface area contributed by atoms with E-state index in [1.54, 1.807) is 12.1 Å². The Kier molecular flexibility index (Phi) is 3.66. The number of benzene rings is 1. The summed E-state index contributed by atoms with van der Waals surface area (Å²) in [6.45, 7) is 1.82. The highest BCUT2D eigenvalue weighted by atomic mass is 32.2. The average molecular weight is 264 g/mol. The molecule has 94 valence electrons. The van der Waals surface area contributed by atoms with Gasteiger partial charge in [-0.3, -0.25) is 0 Å². The van der Waals surface area contributed by atoms with Gasteiger partial charge in [-0.05, 0) is 36.9 Å². The summed E-state index contributed by atoms with van der Waals surface area (Å²) in [6, 6.07) is 6.17. The molecule has 0 bridgehead atoms. The van der Waals surface area contributed by atoms with Crippen molar-refractivity contribution in [1.29, 1.82) is 0 Å². The lowest BCUT2D eigenvalue weighted by atomic mass is 10.2. The van der Waals surface area contributed by atoms with Crippen molar-refractivity contribution in [2.24, 2.45) is 0 Å². The fraction of sp³-hybridized carbons (Fsp3) is 0.167. The summed E-state index contributed by atoms with van der Waals surface area (Å²) < 4.78 is 13.0. The maximum Gasteiger partial charge on any atom is 0.191 e. The van der Waals surface area contributed by atoms with E-state index in [-0.39, 0.29) is 5.82 Å². The van der Waals surface area contributed by atoms with Crippen LogP contribution < -0.4 is 11.1 Å². The quantitative estimate of drug-likeness (QED) is 0.659. The van der Waals surface area contributed by atoms with Gasteiger partial charge >= 0.3 is 0 Å². The van der Waals surface area contributed by atoms with Crippen molar-refractivity contribution >= 4 is 29.1 Å². The van der Waals surface area contributed by atoms with E-state index in [4.69, 9.17) is 5.73 Å². The molecule has 0 aliphatic heterocycles. The molecule has 0 radical (unpaired) electrons. The van der Waals surface area contributed by atoms with Gasteiger partial charge in [0.1, 0.15) is 17.5 Å². The first-order valence-electron chi connectivity index (χ1n) is 5.30. The normalized spacial score (nSPS) is 10.4. The van der Waals surface area contributed by atoms with Crippen LogP contribution in [0, 0.1) is 12.7 Å². The number of nitrogens with one attached hydrogen (secondary N) is 1. The predicted molar refractivity (Wildman–Crippen MR) is 72.6 cm³/mol. The van der Waals surface area contributed by atoms with Gasteiger partial charge in [-0.15, -0.1) is 0 Å². The first kappa shape index (κ1) is 12.6. The highest BCUT2D eigenvalue weighted by Crippen LogP contribution is 2.22. The summed E-state index contributed by atoms with van der Waals surface area (Å²) in [5, 5.41) is 3.70. The molecular formula is C12H13FN4S. The molecule has 1 heterocycles. The standard InChI is InChI=1S/C12H13FN4S/c1-7-5-8(13)3-4-9(7)15-11-6-10(14)16-12(17-11)18-2/h3-6H,1-2H3,(H3,14,15,16,17). The number of hydrogen-bond donors (Lipinski definition) is 2. The van der Waals surface area contributed by atoms with Crippen LogP contribution in [0.2, 0.25) is 0 Å². The third-order valence-electron chi connectivity index (χ3n) is 2.36. The molecule has 4 nitrogen and oxygen atoms in total. The molecule has 18 heavy (non-hydrogen) atoms. The van der Waals surface area contributed by atoms with Gasteiger partial charge in [-0.25, -0.2) is 14.4 Å². The number of aryl methyl sites for hydroxylation is 1. The second-order valence-electron chi connectivity index (χ2n) is 3.75. The van der Waals surface area contributed by atoms with E-state index in [0.29, 0.717) is 16.8 Å². The van der Waals surface area contributed by atoms with Crippen molar-refractivity contribution < 1.29 is 4.39 Å². The molecule has 0 saturated heterocycles. The lowest BCUT2D eigenvalue weighted by molar-refractivity contribution is 0.627. The molecule has 0 spiro atoms. The monoisotopic (exact) mass is 264 g/mol. The lowest BCUT2D eigenvalue weighted by Gasteiger charge is -2.10. The van der Waals surface area contributed by atoms with E-state index >= 15 is 0 Å². The molecule has 0 saturated carbocycles. The number of thioether (sulfide) groups is 1. The molecule has 2 rings (SSSR count). The summed E-state index contributed by atoms with van der Waals surface area (Å²) >= 11 is 1.41. The number of nitrogens with zero attached hydrogens (tertiary/aromatic N) is 2. The van der Waals surface area contributed by atoms with Crippen LogP contribution in [0.25, 0.3) is 0 Å². The van der Waals surface area contributed by atoms with E-state index in [9.17, 15) is 4.39 Å². The topological polar surface area (TPSA) is 63.8 Å². The van der Waals surface area contributed by atoms with Crippen LogP contribution >= 0.6 is 11.8 Å². The first-order valence-corrected chi connectivity index (χ1v) is 6.52. The number of nitrogen functional groups attached to an aromatic ring is 1. The van der Waals surface area contributed by atoms with E-state index in [1.807, 2.05) is 13.2 Å². The van der Waals surface area contributed by atoms with Gasteiger partial charge in [-0.2, -0.15) is 0 Å². The Labute approximate surface area is 109 Å². The zero-order valence-corrected chi connectivity index (χ0v) is 10.9. The second-order valence-corrected chi connectivity index (χ2v) is 4.52. The van der Waals surface area contributed by atoms with Crippen molar-refractivity contribution in [2.45, 2.75) is 12.1 Å². The fourth-order valence-corrected chi connectivity index (χ4v) is 1.89. The molecular weight excluding hydrogens is 251 g/mol. The lowest BCUT2D eigenvalue weighted by Crippen LogP contribution is -2.01. The number of nitrogens with two attached hydrogens (primary N) is 1. The third kappa shape index (κ3) is 2.89. The Morgan fingerprint density at radius 1 is 1.28 bits per heavy atom. The molecule has 3 N–H and O–H groups in total. The summed E-state index contributed by atoms with van der Waals surface area (Å²) in [4.78, 5) is 8.34. The van der Waals surface area contributed by atoms with Crippen LogP contribution in [-0.4, -0.2) is 16.2 Å². The van der Waals surface area contributed by atoms with E-state index < -0.39 is 0 Å². The Balaban J connectivity index is 2.30. The zero-order chi connectivity index (χ0) is 13.1. The highest BCUT2D eigenvalue weighted by molar-refractivity contribution is 7.98. The third-order valence-corrected chi connectivity index (χ3v) is 2.91. The van der Waals surface area contributed by atoms with Gasteiger partial charge in [0, 0.05) is 11.8 Å². The van der Waals surface area contributed by atoms with Gasteiger partial charge < -0.3 is 11.1 Å². The molecule has 0 unspecified atom stereocenters. The molecule has 1 aromatic heterocycles. The number of halogens is 1. The second kappa shape index (κ2) is 5.22. The Hall–Kier alpha value is -1.82. The van der Waals surface area contributed by atoms with Gasteiger partial charge in [0.2, 0.25) is 0 Å². The number of hydrogen-bond acceptors (Lipinski definition) is 5. The first-order chi connectivity index (χ1) is 8.58. The van der Waals surface area contributed by atoms with Gasteiger partial charge in [0.25, 0.3) is 0 Å². The number of rotatable bonds is 3. The Morgan fingerprint density at radius 3 is 2.72 bits per heavy atom. The van der Waals surface area contributed by atoms with Gasteiger partial charge in [-0.1, -0.05) is 11.8 Å². The summed E-state index contributed by atoms with van der Waals surface area (Å²) in [6.07, 6.45) is 1.88.